The highest BCUT2D eigenvalue weighted by molar-refractivity contribution is 7.07. The van der Waals surface area contributed by atoms with Gasteiger partial charge in [0.05, 0.1) is 0 Å². The molecule has 1 aromatic heterocycles. The van der Waals surface area contributed by atoms with Crippen molar-refractivity contribution in [2.45, 2.75) is 26.8 Å². The number of amides is 1. The molecule has 4 aromatic rings. The molecule has 31 heavy (non-hydrogen) atoms. The van der Waals surface area contributed by atoms with Crippen LogP contribution in [0.2, 0.25) is 0 Å². The van der Waals surface area contributed by atoms with Crippen molar-refractivity contribution in [3.8, 4) is 10.9 Å². The second-order valence-corrected chi connectivity index (χ2v) is 8.10. The molecule has 3 aromatic carbocycles. The SMILES string of the molecule is Cc1ccc(Cc2nsc(Oc3cc(C(=O)NCc4ccccc4)ccc3C)n2)cc1. The van der Waals surface area contributed by atoms with Crippen LogP contribution in [0.15, 0.2) is 72.8 Å². The minimum absolute atomic E-state index is 0.147. The molecule has 0 saturated heterocycles. The lowest BCUT2D eigenvalue weighted by atomic mass is 10.1. The molecule has 0 saturated carbocycles. The van der Waals surface area contributed by atoms with Crippen molar-refractivity contribution in [1.82, 2.24) is 14.7 Å². The lowest BCUT2D eigenvalue weighted by molar-refractivity contribution is 0.0950. The molecule has 1 N–H and O–H groups in total. The Hall–Kier alpha value is -3.51. The molecule has 0 aliphatic heterocycles. The smallest absolute Gasteiger partial charge is 0.298 e. The summed E-state index contributed by atoms with van der Waals surface area (Å²) >= 11 is 1.21. The van der Waals surface area contributed by atoms with Gasteiger partial charge in [-0.3, -0.25) is 4.79 Å². The normalized spacial score (nSPS) is 10.6. The Labute approximate surface area is 185 Å². The van der Waals surface area contributed by atoms with E-state index in [-0.39, 0.29) is 5.91 Å². The Morgan fingerprint density at radius 3 is 2.52 bits per heavy atom. The highest BCUT2D eigenvalue weighted by Gasteiger charge is 2.12. The van der Waals surface area contributed by atoms with Crippen LogP contribution in [-0.4, -0.2) is 15.3 Å². The molecular formula is C25H23N3O2S. The number of aryl methyl sites for hydroxylation is 2. The second-order valence-electron chi connectivity index (χ2n) is 7.39. The van der Waals surface area contributed by atoms with Gasteiger partial charge in [-0.05, 0) is 42.7 Å². The second kappa shape index (κ2) is 9.53. The van der Waals surface area contributed by atoms with Crippen LogP contribution < -0.4 is 10.1 Å². The van der Waals surface area contributed by atoms with Gasteiger partial charge < -0.3 is 10.1 Å². The largest absolute Gasteiger partial charge is 0.430 e. The summed E-state index contributed by atoms with van der Waals surface area (Å²) in [5.41, 5.74) is 4.90. The summed E-state index contributed by atoms with van der Waals surface area (Å²) in [6, 6.07) is 23.6. The molecule has 1 amide bonds. The zero-order valence-corrected chi connectivity index (χ0v) is 18.3. The van der Waals surface area contributed by atoms with Gasteiger partial charge in [0.15, 0.2) is 5.82 Å². The number of carbonyl (C=O) groups excluding carboxylic acids is 1. The highest BCUT2D eigenvalue weighted by atomic mass is 32.1. The first-order valence-electron chi connectivity index (χ1n) is 10.1. The van der Waals surface area contributed by atoms with E-state index in [0.717, 1.165) is 22.5 Å². The molecule has 0 aliphatic rings. The maximum absolute atomic E-state index is 12.6. The zero-order valence-electron chi connectivity index (χ0n) is 17.5. The average Bonchev–Trinajstić information content (AvgIpc) is 3.22. The third kappa shape index (κ3) is 5.55. The fraction of sp³-hybridized carbons (Fsp3) is 0.160. The third-order valence-corrected chi connectivity index (χ3v) is 5.51. The van der Waals surface area contributed by atoms with E-state index in [1.807, 2.05) is 43.3 Å². The fourth-order valence-corrected chi connectivity index (χ4v) is 3.63. The number of hydrogen-bond donors (Lipinski definition) is 1. The molecule has 0 atom stereocenters. The van der Waals surface area contributed by atoms with Crippen molar-refractivity contribution in [3.63, 3.8) is 0 Å². The summed E-state index contributed by atoms with van der Waals surface area (Å²) in [5.74, 6) is 1.18. The van der Waals surface area contributed by atoms with Crippen molar-refractivity contribution < 1.29 is 9.53 Å². The number of nitrogens with zero attached hydrogens (tertiary/aromatic N) is 2. The molecule has 1 heterocycles. The van der Waals surface area contributed by atoms with Crippen LogP contribution in [-0.2, 0) is 13.0 Å². The van der Waals surface area contributed by atoms with Crippen LogP contribution >= 0.6 is 11.5 Å². The van der Waals surface area contributed by atoms with Gasteiger partial charge in [0.1, 0.15) is 5.75 Å². The van der Waals surface area contributed by atoms with Gasteiger partial charge in [0, 0.05) is 30.1 Å². The Kier molecular flexibility index (Phi) is 6.38. The van der Waals surface area contributed by atoms with Gasteiger partial charge in [-0.2, -0.15) is 9.36 Å². The van der Waals surface area contributed by atoms with Crippen LogP contribution in [0.5, 0.6) is 10.9 Å². The lowest BCUT2D eigenvalue weighted by Crippen LogP contribution is -2.22. The molecule has 6 heteroatoms. The molecule has 0 bridgehead atoms. The van der Waals surface area contributed by atoms with Crippen LogP contribution in [0.3, 0.4) is 0 Å². The maximum atomic E-state index is 12.6. The summed E-state index contributed by atoms with van der Waals surface area (Å²) in [6.45, 7) is 4.48. The van der Waals surface area contributed by atoms with E-state index in [1.54, 1.807) is 12.1 Å². The standard InChI is InChI=1S/C25H23N3O2S/c1-17-8-11-19(12-9-17)14-23-27-25(31-28-23)30-22-15-21(13-10-18(22)2)24(29)26-16-20-6-4-3-5-7-20/h3-13,15H,14,16H2,1-2H3,(H,26,29). The molecule has 4 rings (SSSR count). The molecule has 5 nitrogen and oxygen atoms in total. The molecule has 0 spiro atoms. The van der Waals surface area contributed by atoms with Crippen LogP contribution in [0.4, 0.5) is 0 Å². The van der Waals surface area contributed by atoms with Gasteiger partial charge in [0.2, 0.25) is 0 Å². The summed E-state index contributed by atoms with van der Waals surface area (Å²) in [5, 5.41) is 3.41. The van der Waals surface area contributed by atoms with Crippen LogP contribution in [0.1, 0.15) is 38.4 Å². The number of carbonyl (C=O) groups is 1. The van der Waals surface area contributed by atoms with Crippen molar-refractivity contribution >= 4 is 17.4 Å². The monoisotopic (exact) mass is 429 g/mol. The highest BCUT2D eigenvalue weighted by Crippen LogP contribution is 2.28. The van der Waals surface area contributed by atoms with Crippen molar-refractivity contribution in [1.29, 1.82) is 0 Å². The number of rotatable bonds is 7. The molecule has 0 aliphatic carbocycles. The maximum Gasteiger partial charge on any atom is 0.298 e. The predicted molar refractivity (Wildman–Crippen MR) is 123 cm³/mol. The quantitative estimate of drug-likeness (QED) is 0.423. The van der Waals surface area contributed by atoms with E-state index in [1.165, 1.54) is 17.1 Å². The Morgan fingerprint density at radius 1 is 0.968 bits per heavy atom. The van der Waals surface area contributed by atoms with Crippen LogP contribution in [0, 0.1) is 13.8 Å². The van der Waals surface area contributed by atoms with Crippen molar-refractivity contribution in [2.75, 3.05) is 0 Å². The number of aromatic nitrogens is 2. The first-order valence-corrected chi connectivity index (χ1v) is 10.8. The predicted octanol–water partition coefficient (Wildman–Crippen LogP) is 5.47. The van der Waals surface area contributed by atoms with Crippen molar-refractivity contribution in [3.05, 3.63) is 106 Å². The van der Waals surface area contributed by atoms with Gasteiger partial charge in [0.25, 0.3) is 11.1 Å². The van der Waals surface area contributed by atoms with Gasteiger partial charge in [-0.25, -0.2) is 0 Å². The first-order chi connectivity index (χ1) is 15.1. The lowest BCUT2D eigenvalue weighted by Gasteiger charge is -2.09. The van der Waals surface area contributed by atoms with E-state index in [9.17, 15) is 4.79 Å². The molecule has 0 radical (unpaired) electrons. The zero-order chi connectivity index (χ0) is 21.6. The van der Waals surface area contributed by atoms with Gasteiger partial charge in [-0.15, -0.1) is 0 Å². The van der Waals surface area contributed by atoms with E-state index in [0.29, 0.717) is 29.5 Å². The van der Waals surface area contributed by atoms with E-state index in [2.05, 4.69) is 45.9 Å². The topological polar surface area (TPSA) is 64.1 Å². The summed E-state index contributed by atoms with van der Waals surface area (Å²) in [6.07, 6.45) is 0.654. The van der Waals surface area contributed by atoms with E-state index < -0.39 is 0 Å². The Morgan fingerprint density at radius 2 is 1.74 bits per heavy atom. The van der Waals surface area contributed by atoms with Crippen LogP contribution in [0.25, 0.3) is 0 Å². The summed E-state index contributed by atoms with van der Waals surface area (Å²) < 4.78 is 10.4. The number of hydrogen-bond acceptors (Lipinski definition) is 5. The minimum Gasteiger partial charge on any atom is -0.430 e. The molecule has 0 unspecified atom stereocenters. The molecule has 0 fully saturated rings. The first kappa shape index (κ1) is 20.8. The number of benzene rings is 3. The van der Waals surface area contributed by atoms with Gasteiger partial charge >= 0.3 is 0 Å². The Balaban J connectivity index is 1.42. The van der Waals surface area contributed by atoms with E-state index in [4.69, 9.17) is 4.74 Å². The average molecular weight is 430 g/mol. The summed E-state index contributed by atoms with van der Waals surface area (Å²) in [7, 11) is 0. The minimum atomic E-state index is -0.147. The van der Waals surface area contributed by atoms with Crippen molar-refractivity contribution in [2.24, 2.45) is 0 Å². The van der Waals surface area contributed by atoms with E-state index >= 15 is 0 Å². The Bertz CT molecular complexity index is 1170. The van der Waals surface area contributed by atoms with Gasteiger partial charge in [-0.1, -0.05) is 66.2 Å². The number of nitrogens with one attached hydrogen (secondary N) is 1. The fourth-order valence-electron chi connectivity index (χ4n) is 3.07. The molecule has 156 valence electrons. The number of ether oxygens (including phenoxy) is 1. The third-order valence-electron chi connectivity index (χ3n) is 4.88. The summed E-state index contributed by atoms with van der Waals surface area (Å²) in [4.78, 5) is 17.1. The molecular weight excluding hydrogens is 406 g/mol.